The predicted octanol–water partition coefficient (Wildman–Crippen LogP) is 5.56. The molecule has 0 aliphatic carbocycles. The summed E-state index contributed by atoms with van der Waals surface area (Å²) in [6, 6.07) is 0. The van der Waals surface area contributed by atoms with Crippen LogP contribution < -0.4 is 0 Å². The van der Waals surface area contributed by atoms with Crippen LogP contribution in [0.5, 0.6) is 0 Å². The van der Waals surface area contributed by atoms with E-state index in [4.69, 9.17) is 0 Å². The summed E-state index contributed by atoms with van der Waals surface area (Å²) >= 11 is 0. The quantitative estimate of drug-likeness (QED) is 0.453. The molecular formula is C17H36O. The van der Waals surface area contributed by atoms with Gasteiger partial charge in [0.15, 0.2) is 0 Å². The van der Waals surface area contributed by atoms with Crippen molar-refractivity contribution in [2.45, 2.75) is 98.0 Å². The molecule has 3 unspecified atom stereocenters. The Labute approximate surface area is 115 Å². The molecule has 0 aromatic rings. The molecule has 0 amide bonds. The summed E-state index contributed by atoms with van der Waals surface area (Å²) in [6.45, 7) is 8.73. The first-order valence-electron chi connectivity index (χ1n) is 8.26. The van der Waals surface area contributed by atoms with Gasteiger partial charge in [0.2, 0.25) is 0 Å². The van der Waals surface area contributed by atoms with E-state index in [1.54, 1.807) is 0 Å². The molecule has 0 bridgehead atoms. The molecule has 0 radical (unpaired) electrons. The fraction of sp³-hybridized carbons (Fsp3) is 1.00. The lowest BCUT2D eigenvalue weighted by Crippen LogP contribution is -2.13. The maximum absolute atomic E-state index is 9.43. The molecule has 18 heavy (non-hydrogen) atoms. The number of aliphatic hydroxyl groups excluding tert-OH is 1. The summed E-state index contributed by atoms with van der Waals surface area (Å²) in [7, 11) is 0. The highest BCUT2D eigenvalue weighted by atomic mass is 16.3. The molecule has 0 aliphatic heterocycles. The van der Waals surface area contributed by atoms with Crippen LogP contribution in [0.1, 0.15) is 91.9 Å². The van der Waals surface area contributed by atoms with Gasteiger partial charge in [-0.3, -0.25) is 0 Å². The second-order valence-electron chi connectivity index (χ2n) is 6.31. The molecule has 0 saturated carbocycles. The molecule has 1 nitrogen and oxygen atoms in total. The van der Waals surface area contributed by atoms with Crippen LogP contribution in [0.4, 0.5) is 0 Å². The monoisotopic (exact) mass is 256 g/mol. The molecule has 110 valence electrons. The molecule has 0 aliphatic rings. The molecule has 1 N–H and O–H groups in total. The summed E-state index contributed by atoms with van der Waals surface area (Å²) < 4.78 is 0. The van der Waals surface area contributed by atoms with Gasteiger partial charge in [-0.05, 0) is 25.2 Å². The van der Waals surface area contributed by atoms with Crippen molar-refractivity contribution in [2.75, 3.05) is 0 Å². The SMILES string of the molecule is CCCCCCCCC(C)CCCC(C)C(C)O. The molecule has 0 aromatic carbocycles. The minimum absolute atomic E-state index is 0.140. The number of hydrogen-bond donors (Lipinski definition) is 1. The van der Waals surface area contributed by atoms with Gasteiger partial charge in [-0.15, -0.1) is 0 Å². The number of unbranched alkanes of at least 4 members (excludes halogenated alkanes) is 5. The Morgan fingerprint density at radius 1 is 0.722 bits per heavy atom. The first kappa shape index (κ1) is 18.0. The average Bonchev–Trinajstić information content (AvgIpc) is 2.33. The molecule has 0 aromatic heterocycles. The Hall–Kier alpha value is -0.0400. The van der Waals surface area contributed by atoms with E-state index in [-0.39, 0.29) is 6.10 Å². The van der Waals surface area contributed by atoms with Crippen molar-refractivity contribution in [3.05, 3.63) is 0 Å². The standard InChI is InChI=1S/C17H36O/c1-5-6-7-8-9-10-12-15(2)13-11-14-16(3)17(4)18/h15-18H,5-14H2,1-4H3. The lowest BCUT2D eigenvalue weighted by molar-refractivity contribution is 0.127. The van der Waals surface area contributed by atoms with Gasteiger partial charge in [0.1, 0.15) is 0 Å². The van der Waals surface area contributed by atoms with Crippen molar-refractivity contribution in [1.82, 2.24) is 0 Å². The molecule has 0 fully saturated rings. The van der Waals surface area contributed by atoms with Gasteiger partial charge in [0, 0.05) is 0 Å². The van der Waals surface area contributed by atoms with Gasteiger partial charge >= 0.3 is 0 Å². The van der Waals surface area contributed by atoms with Crippen molar-refractivity contribution >= 4 is 0 Å². The first-order valence-corrected chi connectivity index (χ1v) is 8.26. The van der Waals surface area contributed by atoms with Gasteiger partial charge in [0.05, 0.1) is 6.10 Å². The Morgan fingerprint density at radius 3 is 1.89 bits per heavy atom. The Morgan fingerprint density at radius 2 is 1.28 bits per heavy atom. The van der Waals surface area contributed by atoms with Crippen LogP contribution in [0.25, 0.3) is 0 Å². The van der Waals surface area contributed by atoms with E-state index in [2.05, 4.69) is 20.8 Å². The summed E-state index contributed by atoms with van der Waals surface area (Å²) in [6.07, 6.45) is 13.5. The minimum Gasteiger partial charge on any atom is -0.393 e. The van der Waals surface area contributed by atoms with Crippen molar-refractivity contribution in [3.63, 3.8) is 0 Å². The smallest absolute Gasteiger partial charge is 0.0537 e. The largest absolute Gasteiger partial charge is 0.393 e. The van der Waals surface area contributed by atoms with Crippen LogP contribution in [0, 0.1) is 11.8 Å². The average molecular weight is 256 g/mol. The lowest BCUT2D eigenvalue weighted by atomic mass is 9.93. The number of rotatable bonds is 12. The van der Waals surface area contributed by atoms with E-state index in [1.807, 2.05) is 6.92 Å². The maximum atomic E-state index is 9.43. The van der Waals surface area contributed by atoms with E-state index in [0.717, 1.165) is 5.92 Å². The Kier molecular flexibility index (Phi) is 12.0. The van der Waals surface area contributed by atoms with E-state index in [9.17, 15) is 5.11 Å². The highest BCUT2D eigenvalue weighted by molar-refractivity contribution is 4.61. The zero-order valence-corrected chi connectivity index (χ0v) is 13.3. The van der Waals surface area contributed by atoms with E-state index in [1.165, 1.54) is 64.2 Å². The molecular weight excluding hydrogens is 220 g/mol. The lowest BCUT2D eigenvalue weighted by Gasteiger charge is -2.16. The molecule has 0 saturated heterocycles. The van der Waals surface area contributed by atoms with Crippen LogP contribution in [0.15, 0.2) is 0 Å². The predicted molar refractivity (Wildman–Crippen MR) is 81.9 cm³/mol. The summed E-state index contributed by atoms with van der Waals surface area (Å²) in [5.74, 6) is 1.34. The fourth-order valence-electron chi connectivity index (χ4n) is 2.45. The highest BCUT2D eigenvalue weighted by Crippen LogP contribution is 2.19. The third-order valence-corrected chi connectivity index (χ3v) is 4.23. The maximum Gasteiger partial charge on any atom is 0.0537 e. The topological polar surface area (TPSA) is 20.2 Å². The second kappa shape index (κ2) is 12.0. The van der Waals surface area contributed by atoms with Gasteiger partial charge < -0.3 is 5.11 Å². The molecule has 0 rings (SSSR count). The molecule has 0 spiro atoms. The fourth-order valence-corrected chi connectivity index (χ4v) is 2.45. The number of hydrogen-bond acceptors (Lipinski definition) is 1. The third kappa shape index (κ3) is 11.1. The molecule has 3 atom stereocenters. The van der Waals surface area contributed by atoms with Crippen LogP contribution in [0.3, 0.4) is 0 Å². The van der Waals surface area contributed by atoms with Gasteiger partial charge in [-0.25, -0.2) is 0 Å². The van der Waals surface area contributed by atoms with E-state index < -0.39 is 0 Å². The third-order valence-electron chi connectivity index (χ3n) is 4.23. The van der Waals surface area contributed by atoms with Gasteiger partial charge in [0.25, 0.3) is 0 Å². The second-order valence-corrected chi connectivity index (χ2v) is 6.31. The van der Waals surface area contributed by atoms with Gasteiger partial charge in [-0.2, -0.15) is 0 Å². The van der Waals surface area contributed by atoms with Gasteiger partial charge in [-0.1, -0.05) is 78.6 Å². The zero-order chi connectivity index (χ0) is 13.8. The highest BCUT2D eigenvalue weighted by Gasteiger charge is 2.09. The summed E-state index contributed by atoms with van der Waals surface area (Å²) in [5, 5.41) is 9.43. The van der Waals surface area contributed by atoms with Crippen molar-refractivity contribution in [2.24, 2.45) is 11.8 Å². The van der Waals surface area contributed by atoms with E-state index >= 15 is 0 Å². The summed E-state index contributed by atoms with van der Waals surface area (Å²) in [4.78, 5) is 0. The van der Waals surface area contributed by atoms with Crippen LogP contribution in [-0.4, -0.2) is 11.2 Å². The van der Waals surface area contributed by atoms with E-state index in [0.29, 0.717) is 5.92 Å². The normalized spacial score (nSPS) is 16.5. The first-order chi connectivity index (χ1) is 8.57. The Bertz CT molecular complexity index is 165. The zero-order valence-electron chi connectivity index (χ0n) is 13.3. The Balaban J connectivity index is 3.29. The summed E-state index contributed by atoms with van der Waals surface area (Å²) in [5.41, 5.74) is 0. The molecule has 0 heterocycles. The van der Waals surface area contributed by atoms with Crippen molar-refractivity contribution in [3.8, 4) is 0 Å². The minimum atomic E-state index is -0.140. The van der Waals surface area contributed by atoms with Crippen molar-refractivity contribution < 1.29 is 5.11 Å². The van der Waals surface area contributed by atoms with Crippen LogP contribution in [-0.2, 0) is 0 Å². The van der Waals surface area contributed by atoms with Crippen LogP contribution in [0.2, 0.25) is 0 Å². The van der Waals surface area contributed by atoms with Crippen LogP contribution >= 0.6 is 0 Å². The van der Waals surface area contributed by atoms with Crippen molar-refractivity contribution in [1.29, 1.82) is 0 Å². The molecule has 1 heteroatoms. The number of aliphatic hydroxyl groups is 1.